The summed E-state index contributed by atoms with van der Waals surface area (Å²) in [5, 5.41) is 3.68. The third kappa shape index (κ3) is 3.58. The molecule has 0 bridgehead atoms. The van der Waals surface area contributed by atoms with Gasteiger partial charge < -0.3 is 10.1 Å². The van der Waals surface area contributed by atoms with Gasteiger partial charge in [-0.2, -0.15) is 0 Å². The molecule has 1 aliphatic rings. The predicted octanol–water partition coefficient (Wildman–Crippen LogP) is 2.58. The van der Waals surface area contributed by atoms with E-state index in [1.165, 1.54) is 25.7 Å². The number of ether oxygens (including phenoxy) is 1. The van der Waals surface area contributed by atoms with Gasteiger partial charge in [0.2, 0.25) is 0 Å². The van der Waals surface area contributed by atoms with Gasteiger partial charge in [0.25, 0.3) is 0 Å². The summed E-state index contributed by atoms with van der Waals surface area (Å²) in [5.74, 6) is 0.904. The van der Waals surface area contributed by atoms with Crippen LogP contribution in [-0.4, -0.2) is 25.8 Å². The lowest BCUT2D eigenvalue weighted by Gasteiger charge is -2.26. The Morgan fingerprint density at radius 2 is 2.00 bits per heavy atom. The minimum absolute atomic E-state index is 0.538. The molecule has 2 nitrogen and oxygen atoms in total. The van der Waals surface area contributed by atoms with Crippen LogP contribution in [0.15, 0.2) is 0 Å². The first kappa shape index (κ1) is 12.0. The number of nitrogens with one attached hydrogen (secondary N) is 1. The van der Waals surface area contributed by atoms with E-state index in [1.807, 2.05) is 0 Å². The third-order valence-corrected chi connectivity index (χ3v) is 3.47. The van der Waals surface area contributed by atoms with E-state index in [0.717, 1.165) is 18.9 Å². The van der Waals surface area contributed by atoms with Gasteiger partial charge in [0.05, 0.1) is 6.61 Å². The molecule has 2 atom stereocenters. The van der Waals surface area contributed by atoms with E-state index in [2.05, 4.69) is 19.2 Å². The SMILES string of the molecule is CCC(COC)NC(C)C1CCCC1. The van der Waals surface area contributed by atoms with Crippen LogP contribution in [0.4, 0.5) is 0 Å². The second-order valence-corrected chi connectivity index (χ2v) is 4.56. The first-order valence-corrected chi connectivity index (χ1v) is 6.03. The zero-order chi connectivity index (χ0) is 10.4. The highest BCUT2D eigenvalue weighted by Crippen LogP contribution is 2.27. The van der Waals surface area contributed by atoms with Gasteiger partial charge in [-0.25, -0.2) is 0 Å². The molecule has 1 fully saturated rings. The predicted molar refractivity (Wildman–Crippen MR) is 60.5 cm³/mol. The van der Waals surface area contributed by atoms with Crippen LogP contribution in [0.25, 0.3) is 0 Å². The molecule has 14 heavy (non-hydrogen) atoms. The molecule has 0 radical (unpaired) electrons. The van der Waals surface area contributed by atoms with E-state index in [0.29, 0.717) is 12.1 Å². The lowest BCUT2D eigenvalue weighted by atomic mass is 9.99. The number of methoxy groups -OCH3 is 1. The molecule has 1 aliphatic carbocycles. The fraction of sp³-hybridized carbons (Fsp3) is 1.00. The topological polar surface area (TPSA) is 21.3 Å². The molecule has 84 valence electrons. The highest BCUT2D eigenvalue weighted by Gasteiger charge is 2.22. The minimum Gasteiger partial charge on any atom is -0.383 e. The van der Waals surface area contributed by atoms with Gasteiger partial charge in [-0.3, -0.25) is 0 Å². The van der Waals surface area contributed by atoms with Gasteiger partial charge in [-0.15, -0.1) is 0 Å². The van der Waals surface area contributed by atoms with Crippen molar-refractivity contribution in [2.45, 2.75) is 58.0 Å². The van der Waals surface area contributed by atoms with E-state index in [1.54, 1.807) is 7.11 Å². The van der Waals surface area contributed by atoms with E-state index in [4.69, 9.17) is 4.74 Å². The normalized spacial score (nSPS) is 22.5. The van der Waals surface area contributed by atoms with Crippen molar-refractivity contribution in [1.82, 2.24) is 5.32 Å². The van der Waals surface area contributed by atoms with Crippen LogP contribution in [0.1, 0.15) is 46.0 Å². The molecule has 0 saturated heterocycles. The van der Waals surface area contributed by atoms with Gasteiger partial charge in [0.1, 0.15) is 0 Å². The maximum Gasteiger partial charge on any atom is 0.0615 e. The average Bonchev–Trinajstić information content (AvgIpc) is 2.69. The summed E-state index contributed by atoms with van der Waals surface area (Å²) < 4.78 is 5.20. The monoisotopic (exact) mass is 199 g/mol. The zero-order valence-electron chi connectivity index (χ0n) is 9.88. The fourth-order valence-corrected chi connectivity index (χ4v) is 2.45. The van der Waals surface area contributed by atoms with Crippen LogP contribution in [0, 0.1) is 5.92 Å². The Morgan fingerprint density at radius 3 is 2.50 bits per heavy atom. The molecule has 0 amide bonds. The van der Waals surface area contributed by atoms with Crippen LogP contribution < -0.4 is 5.32 Å². The largest absolute Gasteiger partial charge is 0.383 e. The van der Waals surface area contributed by atoms with Gasteiger partial charge in [0.15, 0.2) is 0 Å². The van der Waals surface area contributed by atoms with E-state index in [9.17, 15) is 0 Å². The summed E-state index contributed by atoms with van der Waals surface area (Å²) in [5.41, 5.74) is 0. The van der Waals surface area contributed by atoms with Gasteiger partial charge >= 0.3 is 0 Å². The Labute approximate surface area is 88.4 Å². The van der Waals surface area contributed by atoms with Crippen LogP contribution >= 0.6 is 0 Å². The molecule has 0 heterocycles. The van der Waals surface area contributed by atoms with Crippen molar-refractivity contribution >= 4 is 0 Å². The average molecular weight is 199 g/mol. The fourth-order valence-electron chi connectivity index (χ4n) is 2.45. The molecule has 0 aliphatic heterocycles. The Bertz CT molecular complexity index is 143. The van der Waals surface area contributed by atoms with Gasteiger partial charge in [-0.05, 0) is 32.1 Å². The Morgan fingerprint density at radius 1 is 1.36 bits per heavy atom. The maximum atomic E-state index is 5.20. The first-order valence-electron chi connectivity index (χ1n) is 6.03. The quantitative estimate of drug-likeness (QED) is 0.710. The molecule has 1 N–H and O–H groups in total. The molecular formula is C12H25NO. The third-order valence-electron chi connectivity index (χ3n) is 3.47. The number of rotatable bonds is 6. The molecule has 0 aromatic carbocycles. The molecule has 1 saturated carbocycles. The molecule has 0 aromatic heterocycles. The van der Waals surface area contributed by atoms with E-state index in [-0.39, 0.29) is 0 Å². The van der Waals surface area contributed by atoms with Crippen molar-refractivity contribution < 1.29 is 4.74 Å². The highest BCUT2D eigenvalue weighted by atomic mass is 16.5. The maximum absolute atomic E-state index is 5.20. The second-order valence-electron chi connectivity index (χ2n) is 4.56. The summed E-state index contributed by atoms with van der Waals surface area (Å²) >= 11 is 0. The molecule has 0 spiro atoms. The summed E-state index contributed by atoms with van der Waals surface area (Å²) in [4.78, 5) is 0. The van der Waals surface area contributed by atoms with E-state index < -0.39 is 0 Å². The second kappa shape index (κ2) is 6.41. The summed E-state index contributed by atoms with van der Waals surface area (Å²) in [6, 6.07) is 1.20. The molecule has 2 unspecified atom stereocenters. The Hall–Kier alpha value is -0.0800. The summed E-state index contributed by atoms with van der Waals surface area (Å²) in [6.07, 6.45) is 6.84. The van der Waals surface area contributed by atoms with Crippen molar-refractivity contribution in [2.24, 2.45) is 5.92 Å². The van der Waals surface area contributed by atoms with Gasteiger partial charge in [-0.1, -0.05) is 19.8 Å². The molecule has 0 aromatic rings. The number of hydrogen-bond donors (Lipinski definition) is 1. The molecule has 1 rings (SSSR count). The van der Waals surface area contributed by atoms with Crippen molar-refractivity contribution in [3.8, 4) is 0 Å². The van der Waals surface area contributed by atoms with Crippen molar-refractivity contribution in [1.29, 1.82) is 0 Å². The Kier molecular flexibility index (Phi) is 5.49. The lowest BCUT2D eigenvalue weighted by molar-refractivity contribution is 0.153. The summed E-state index contributed by atoms with van der Waals surface area (Å²) in [6.45, 7) is 5.39. The standard InChI is InChI=1S/C12H25NO/c1-4-12(9-14-3)13-10(2)11-7-5-6-8-11/h10-13H,4-9H2,1-3H3. The van der Waals surface area contributed by atoms with Crippen LogP contribution in [0.2, 0.25) is 0 Å². The lowest BCUT2D eigenvalue weighted by Crippen LogP contribution is -2.42. The highest BCUT2D eigenvalue weighted by molar-refractivity contribution is 4.80. The van der Waals surface area contributed by atoms with Crippen LogP contribution in [0.5, 0.6) is 0 Å². The van der Waals surface area contributed by atoms with E-state index >= 15 is 0 Å². The molecule has 2 heteroatoms. The molecular weight excluding hydrogens is 174 g/mol. The minimum atomic E-state index is 0.538. The zero-order valence-corrected chi connectivity index (χ0v) is 9.88. The number of hydrogen-bond acceptors (Lipinski definition) is 2. The Balaban J connectivity index is 2.25. The van der Waals surface area contributed by atoms with Crippen molar-refractivity contribution in [3.63, 3.8) is 0 Å². The van der Waals surface area contributed by atoms with Crippen LogP contribution in [-0.2, 0) is 4.74 Å². The smallest absolute Gasteiger partial charge is 0.0615 e. The van der Waals surface area contributed by atoms with Crippen molar-refractivity contribution in [2.75, 3.05) is 13.7 Å². The van der Waals surface area contributed by atoms with Crippen molar-refractivity contribution in [3.05, 3.63) is 0 Å². The van der Waals surface area contributed by atoms with Gasteiger partial charge in [0, 0.05) is 19.2 Å². The first-order chi connectivity index (χ1) is 6.77. The van der Waals surface area contributed by atoms with Crippen LogP contribution in [0.3, 0.4) is 0 Å². The summed E-state index contributed by atoms with van der Waals surface area (Å²) in [7, 11) is 1.78.